The summed E-state index contributed by atoms with van der Waals surface area (Å²) in [4.78, 5) is 13.7. The van der Waals surface area contributed by atoms with Gasteiger partial charge in [-0.2, -0.15) is 0 Å². The highest BCUT2D eigenvalue weighted by Gasteiger charge is 2.27. The van der Waals surface area contributed by atoms with E-state index >= 15 is 0 Å². The molecule has 0 aromatic heterocycles. The van der Waals surface area contributed by atoms with Crippen LogP contribution in [0.1, 0.15) is 24.2 Å². The van der Waals surface area contributed by atoms with E-state index in [-0.39, 0.29) is 16.2 Å². The smallest absolute Gasteiger partial charge is 0.254 e. The molecular formula is C12H14BrClFNO. The summed E-state index contributed by atoms with van der Waals surface area (Å²) in [5, 5.41) is 0. The molecule has 94 valence electrons. The minimum Gasteiger partial charge on any atom is -0.335 e. The normalized spacial score (nSPS) is 11.4. The predicted octanol–water partition coefficient (Wildman–Crippen LogP) is 3.68. The van der Waals surface area contributed by atoms with Gasteiger partial charge in [-0.1, -0.05) is 0 Å². The molecule has 1 aromatic carbocycles. The number of carbonyl (C=O) groups excluding carboxylic acids is 1. The zero-order chi connectivity index (χ0) is 13.2. The molecule has 0 fully saturated rings. The van der Waals surface area contributed by atoms with E-state index in [1.165, 1.54) is 18.2 Å². The molecule has 0 N–H and O–H groups in total. The first-order chi connectivity index (χ1) is 7.79. The van der Waals surface area contributed by atoms with Crippen LogP contribution in [0.25, 0.3) is 0 Å². The minimum absolute atomic E-state index is 0.184. The van der Waals surface area contributed by atoms with Crippen molar-refractivity contribution < 1.29 is 9.18 Å². The Morgan fingerprint density at radius 3 is 2.59 bits per heavy atom. The van der Waals surface area contributed by atoms with E-state index in [0.29, 0.717) is 11.4 Å². The van der Waals surface area contributed by atoms with Gasteiger partial charge >= 0.3 is 0 Å². The van der Waals surface area contributed by atoms with Gasteiger partial charge < -0.3 is 4.90 Å². The van der Waals surface area contributed by atoms with Gasteiger partial charge in [0.25, 0.3) is 5.91 Å². The Morgan fingerprint density at radius 1 is 1.53 bits per heavy atom. The summed E-state index contributed by atoms with van der Waals surface area (Å²) in [6.07, 6.45) is 0. The van der Waals surface area contributed by atoms with E-state index in [9.17, 15) is 9.18 Å². The van der Waals surface area contributed by atoms with Crippen molar-refractivity contribution in [2.24, 2.45) is 0 Å². The van der Waals surface area contributed by atoms with Gasteiger partial charge in [-0.05, 0) is 48.0 Å². The lowest BCUT2D eigenvalue weighted by molar-refractivity contribution is 0.0660. The highest BCUT2D eigenvalue weighted by atomic mass is 79.9. The standard InChI is InChI=1S/C12H14BrClFNO/c1-12(2,7-14)16(3)11(17)8-4-5-10(15)9(13)6-8/h4-6H,7H2,1-3H3. The molecular weight excluding hydrogens is 308 g/mol. The molecule has 0 aliphatic carbocycles. The van der Waals surface area contributed by atoms with E-state index in [4.69, 9.17) is 11.6 Å². The predicted molar refractivity (Wildman–Crippen MR) is 71.0 cm³/mol. The molecule has 0 aliphatic rings. The number of alkyl halides is 1. The second kappa shape index (κ2) is 5.36. The quantitative estimate of drug-likeness (QED) is 0.777. The molecule has 0 radical (unpaired) electrons. The fourth-order valence-corrected chi connectivity index (χ4v) is 1.75. The summed E-state index contributed by atoms with van der Waals surface area (Å²) in [6, 6.07) is 4.20. The molecule has 0 unspecified atom stereocenters. The molecule has 1 amide bonds. The summed E-state index contributed by atoms with van der Waals surface area (Å²) >= 11 is 8.87. The topological polar surface area (TPSA) is 20.3 Å². The average Bonchev–Trinajstić information content (AvgIpc) is 2.30. The van der Waals surface area contributed by atoms with Crippen LogP contribution >= 0.6 is 27.5 Å². The van der Waals surface area contributed by atoms with E-state index < -0.39 is 5.54 Å². The largest absolute Gasteiger partial charge is 0.335 e. The van der Waals surface area contributed by atoms with Crippen LogP contribution < -0.4 is 0 Å². The Hall–Kier alpha value is -0.610. The Balaban J connectivity index is 3.01. The molecule has 0 heterocycles. The van der Waals surface area contributed by atoms with Gasteiger partial charge in [0.1, 0.15) is 5.82 Å². The molecule has 0 spiro atoms. The number of nitrogens with zero attached hydrogens (tertiary/aromatic N) is 1. The highest BCUT2D eigenvalue weighted by molar-refractivity contribution is 9.10. The number of rotatable bonds is 3. The summed E-state index contributed by atoms with van der Waals surface area (Å²) in [7, 11) is 1.68. The van der Waals surface area contributed by atoms with Gasteiger partial charge in [-0.25, -0.2) is 4.39 Å². The van der Waals surface area contributed by atoms with Gasteiger partial charge in [-0.3, -0.25) is 4.79 Å². The third kappa shape index (κ3) is 3.19. The van der Waals surface area contributed by atoms with Crippen LogP contribution in [0.3, 0.4) is 0 Å². The SMILES string of the molecule is CN(C(=O)c1ccc(F)c(Br)c1)C(C)(C)CCl. The second-order valence-electron chi connectivity index (χ2n) is 4.44. The monoisotopic (exact) mass is 321 g/mol. The first-order valence-electron chi connectivity index (χ1n) is 5.09. The van der Waals surface area contributed by atoms with Crippen LogP contribution in [0.15, 0.2) is 22.7 Å². The van der Waals surface area contributed by atoms with E-state index in [0.717, 1.165) is 0 Å². The zero-order valence-electron chi connectivity index (χ0n) is 9.93. The zero-order valence-corrected chi connectivity index (χ0v) is 12.3. The molecule has 0 saturated heterocycles. The second-order valence-corrected chi connectivity index (χ2v) is 5.56. The van der Waals surface area contributed by atoms with Gasteiger partial charge in [0, 0.05) is 18.5 Å². The number of hydrogen-bond acceptors (Lipinski definition) is 1. The van der Waals surface area contributed by atoms with Gasteiger partial charge in [0.05, 0.1) is 10.0 Å². The highest BCUT2D eigenvalue weighted by Crippen LogP contribution is 2.21. The van der Waals surface area contributed by atoms with Crippen LogP contribution in [0, 0.1) is 5.82 Å². The molecule has 2 nitrogen and oxygen atoms in total. The Bertz CT molecular complexity index is 437. The van der Waals surface area contributed by atoms with Crippen molar-refractivity contribution in [1.82, 2.24) is 4.90 Å². The maximum Gasteiger partial charge on any atom is 0.254 e. The summed E-state index contributed by atoms with van der Waals surface area (Å²) in [5.41, 5.74) is -0.0153. The van der Waals surface area contributed by atoms with Gasteiger partial charge in [0.2, 0.25) is 0 Å². The summed E-state index contributed by atoms with van der Waals surface area (Å²) in [6.45, 7) is 3.74. The number of amides is 1. The number of carbonyl (C=O) groups is 1. The van der Waals surface area contributed by atoms with Crippen LogP contribution in [-0.2, 0) is 0 Å². The van der Waals surface area contributed by atoms with Crippen LogP contribution in [0.5, 0.6) is 0 Å². The van der Waals surface area contributed by atoms with Crippen molar-refractivity contribution in [3.05, 3.63) is 34.1 Å². The fraction of sp³-hybridized carbons (Fsp3) is 0.417. The number of halogens is 3. The number of benzene rings is 1. The van der Waals surface area contributed by atoms with Crippen LogP contribution in [0.2, 0.25) is 0 Å². The molecule has 0 aliphatic heterocycles. The maximum absolute atomic E-state index is 13.1. The molecule has 0 atom stereocenters. The van der Waals surface area contributed by atoms with Gasteiger partial charge in [0.15, 0.2) is 0 Å². The van der Waals surface area contributed by atoms with Crippen molar-refractivity contribution in [3.63, 3.8) is 0 Å². The Morgan fingerprint density at radius 2 is 2.12 bits per heavy atom. The van der Waals surface area contributed by atoms with E-state index in [2.05, 4.69) is 15.9 Å². The first kappa shape index (κ1) is 14.5. The van der Waals surface area contributed by atoms with Crippen molar-refractivity contribution >= 4 is 33.4 Å². The fourth-order valence-electron chi connectivity index (χ4n) is 1.19. The molecule has 5 heteroatoms. The lowest BCUT2D eigenvalue weighted by Crippen LogP contribution is -2.46. The van der Waals surface area contributed by atoms with Crippen LogP contribution in [-0.4, -0.2) is 29.3 Å². The average molecular weight is 323 g/mol. The maximum atomic E-state index is 13.1. The number of hydrogen-bond donors (Lipinski definition) is 0. The lowest BCUT2D eigenvalue weighted by atomic mass is 10.0. The summed E-state index contributed by atoms with van der Waals surface area (Å²) < 4.78 is 13.3. The third-order valence-electron chi connectivity index (χ3n) is 2.71. The molecule has 1 rings (SSSR count). The molecule has 0 bridgehead atoms. The van der Waals surface area contributed by atoms with Crippen molar-refractivity contribution in [2.45, 2.75) is 19.4 Å². The molecule has 0 saturated carbocycles. The Labute approximate surface area is 114 Å². The minimum atomic E-state index is -0.445. The van der Waals surface area contributed by atoms with Crippen molar-refractivity contribution in [2.75, 3.05) is 12.9 Å². The lowest BCUT2D eigenvalue weighted by Gasteiger charge is -2.34. The van der Waals surface area contributed by atoms with E-state index in [1.807, 2.05) is 13.8 Å². The van der Waals surface area contributed by atoms with E-state index in [1.54, 1.807) is 11.9 Å². The Kier molecular flexibility index (Phi) is 4.55. The summed E-state index contributed by atoms with van der Waals surface area (Å²) in [5.74, 6) is -0.241. The van der Waals surface area contributed by atoms with Crippen LogP contribution in [0.4, 0.5) is 4.39 Å². The third-order valence-corrected chi connectivity index (χ3v) is 3.97. The first-order valence-corrected chi connectivity index (χ1v) is 6.41. The van der Waals surface area contributed by atoms with Crippen molar-refractivity contribution in [3.8, 4) is 0 Å². The van der Waals surface area contributed by atoms with Crippen molar-refractivity contribution in [1.29, 1.82) is 0 Å². The van der Waals surface area contributed by atoms with Gasteiger partial charge in [-0.15, -0.1) is 11.6 Å². The molecule has 1 aromatic rings. The molecule has 17 heavy (non-hydrogen) atoms.